The predicted octanol–water partition coefficient (Wildman–Crippen LogP) is -0.0718. The van der Waals surface area contributed by atoms with Gasteiger partial charge in [-0.05, 0) is 0 Å². The van der Waals surface area contributed by atoms with Crippen molar-refractivity contribution in [2.75, 3.05) is 6.61 Å². The van der Waals surface area contributed by atoms with Crippen LogP contribution in [0.1, 0.15) is 0 Å². The molecular formula is C2H5Cl3LiNO3S. The fourth-order valence-corrected chi connectivity index (χ4v) is 0.848. The second-order valence-electron chi connectivity index (χ2n) is 1.37. The molecule has 0 fully saturated rings. The molecule has 0 saturated carbocycles. The summed E-state index contributed by atoms with van der Waals surface area (Å²) < 4.78 is 22.3. The molecule has 64 valence electrons. The van der Waals surface area contributed by atoms with Crippen molar-refractivity contribution in [1.82, 2.24) is 0 Å². The van der Waals surface area contributed by atoms with Crippen LogP contribution in [0.25, 0.3) is 0 Å². The second-order valence-corrected chi connectivity index (χ2v) is 5.11. The molecule has 4 nitrogen and oxygen atoms in total. The summed E-state index contributed by atoms with van der Waals surface area (Å²) in [5, 5.41) is 4.42. The van der Waals surface area contributed by atoms with Crippen molar-refractivity contribution in [2.45, 2.75) is 3.79 Å². The summed E-state index contributed by atoms with van der Waals surface area (Å²) in [6.07, 6.45) is 0. The quantitative estimate of drug-likeness (QED) is 0.539. The van der Waals surface area contributed by atoms with Crippen molar-refractivity contribution in [2.24, 2.45) is 5.14 Å². The van der Waals surface area contributed by atoms with Crippen LogP contribution < -0.4 is 5.14 Å². The number of rotatable bonds is 2. The molecule has 0 aromatic rings. The zero-order chi connectivity index (χ0) is 8.41. The van der Waals surface area contributed by atoms with Gasteiger partial charge in [0.25, 0.3) is 0 Å². The third-order valence-corrected chi connectivity index (χ3v) is 1.16. The summed E-state index contributed by atoms with van der Waals surface area (Å²) in [6.45, 7) is -0.587. The van der Waals surface area contributed by atoms with Crippen LogP contribution in [0.2, 0.25) is 0 Å². The van der Waals surface area contributed by atoms with Gasteiger partial charge in [0.2, 0.25) is 3.79 Å². The number of nitrogens with two attached hydrogens (primary N) is 1. The Balaban J connectivity index is 0. The summed E-state index contributed by atoms with van der Waals surface area (Å²) in [6, 6.07) is 0. The standard InChI is InChI=1S/C2H4Cl3NO3S.Li.H/c3-2(4,5)1-9-10(6,7)8;;/h1H2,(H2,6,7,8);;. The Hall–Kier alpha value is 1.34. The normalized spacial score (nSPS) is 12.4. The van der Waals surface area contributed by atoms with Crippen LogP contribution in [0.4, 0.5) is 0 Å². The Bertz CT molecular complexity index is 199. The topological polar surface area (TPSA) is 69.4 Å². The zero-order valence-electron chi connectivity index (χ0n) is 4.55. The fraction of sp³-hybridized carbons (Fsp3) is 1.00. The molecule has 0 amide bonds. The summed E-state index contributed by atoms with van der Waals surface area (Å²) in [5.41, 5.74) is 0. The molecule has 9 heteroatoms. The minimum absolute atomic E-state index is 0. The van der Waals surface area contributed by atoms with Crippen LogP contribution in [0.5, 0.6) is 0 Å². The van der Waals surface area contributed by atoms with Gasteiger partial charge in [0.1, 0.15) is 6.61 Å². The van der Waals surface area contributed by atoms with Gasteiger partial charge in [0.15, 0.2) is 0 Å². The van der Waals surface area contributed by atoms with Gasteiger partial charge in [-0.2, -0.15) is 8.42 Å². The molecule has 0 bridgehead atoms. The van der Waals surface area contributed by atoms with Gasteiger partial charge in [-0.1, -0.05) is 34.8 Å². The molecule has 0 aromatic heterocycles. The molecule has 0 saturated heterocycles. The first-order chi connectivity index (χ1) is 4.21. The fourth-order valence-electron chi connectivity index (χ4n) is 0.149. The monoisotopic (exact) mass is 235 g/mol. The number of hydrogen-bond acceptors (Lipinski definition) is 3. The number of alkyl halides is 3. The van der Waals surface area contributed by atoms with Gasteiger partial charge < -0.3 is 0 Å². The number of hydrogen-bond donors (Lipinski definition) is 1. The van der Waals surface area contributed by atoms with Gasteiger partial charge in [0.05, 0.1) is 0 Å². The first kappa shape index (κ1) is 14.8. The van der Waals surface area contributed by atoms with Gasteiger partial charge in [-0.15, -0.1) is 0 Å². The molecule has 0 aliphatic carbocycles. The van der Waals surface area contributed by atoms with E-state index in [1.54, 1.807) is 0 Å². The van der Waals surface area contributed by atoms with E-state index in [-0.39, 0.29) is 18.9 Å². The van der Waals surface area contributed by atoms with E-state index in [1.165, 1.54) is 0 Å². The van der Waals surface area contributed by atoms with Gasteiger partial charge >= 0.3 is 29.2 Å². The summed E-state index contributed by atoms with van der Waals surface area (Å²) in [7, 11) is -4.01. The molecule has 0 unspecified atom stereocenters. The third kappa shape index (κ3) is 14.2. The first-order valence-corrected chi connectivity index (χ1v) is 4.55. The van der Waals surface area contributed by atoms with Crippen molar-refractivity contribution in [3.63, 3.8) is 0 Å². The van der Waals surface area contributed by atoms with E-state index in [1.807, 2.05) is 0 Å². The summed E-state index contributed by atoms with van der Waals surface area (Å²) in [5.74, 6) is 0. The molecule has 0 atom stereocenters. The van der Waals surface area contributed by atoms with Gasteiger partial charge in [-0.3, -0.25) is 4.18 Å². The van der Waals surface area contributed by atoms with Crippen molar-refractivity contribution in [3.8, 4) is 0 Å². The van der Waals surface area contributed by atoms with Crippen LogP contribution in [0.3, 0.4) is 0 Å². The Labute approximate surface area is 91.7 Å². The Morgan fingerprint density at radius 2 is 1.73 bits per heavy atom. The van der Waals surface area contributed by atoms with Gasteiger partial charge in [0, 0.05) is 0 Å². The number of halogens is 3. The average molecular weight is 236 g/mol. The van der Waals surface area contributed by atoms with Gasteiger partial charge in [-0.25, -0.2) is 5.14 Å². The maximum atomic E-state index is 10.1. The van der Waals surface area contributed by atoms with E-state index >= 15 is 0 Å². The minimum atomic E-state index is -4.01. The van der Waals surface area contributed by atoms with Crippen molar-refractivity contribution in [1.29, 1.82) is 0 Å². The Kier molecular flexibility index (Phi) is 6.95. The van der Waals surface area contributed by atoms with Crippen LogP contribution in [-0.4, -0.2) is 37.7 Å². The molecule has 11 heavy (non-hydrogen) atoms. The summed E-state index contributed by atoms with van der Waals surface area (Å²) >= 11 is 15.4. The van der Waals surface area contributed by atoms with E-state index in [0.717, 1.165) is 0 Å². The van der Waals surface area contributed by atoms with E-state index in [2.05, 4.69) is 9.32 Å². The molecule has 0 rings (SSSR count). The van der Waals surface area contributed by atoms with Crippen molar-refractivity contribution in [3.05, 3.63) is 0 Å². The molecule has 0 aliphatic heterocycles. The Morgan fingerprint density at radius 1 is 1.36 bits per heavy atom. The van der Waals surface area contributed by atoms with E-state index in [0.29, 0.717) is 0 Å². The van der Waals surface area contributed by atoms with Crippen molar-refractivity contribution < 1.29 is 12.6 Å². The molecule has 0 heterocycles. The molecule has 0 radical (unpaired) electrons. The zero-order valence-corrected chi connectivity index (χ0v) is 7.64. The SMILES string of the molecule is NS(=O)(=O)OCC(Cl)(Cl)Cl.[LiH]. The molecular weight excluding hydrogens is 231 g/mol. The van der Waals surface area contributed by atoms with Crippen LogP contribution in [-0.2, 0) is 14.5 Å². The molecule has 0 aromatic carbocycles. The van der Waals surface area contributed by atoms with E-state index in [9.17, 15) is 8.42 Å². The van der Waals surface area contributed by atoms with Crippen LogP contribution in [0.15, 0.2) is 0 Å². The third-order valence-electron chi connectivity index (χ3n) is 0.387. The van der Waals surface area contributed by atoms with E-state index in [4.69, 9.17) is 34.8 Å². The first-order valence-electron chi connectivity index (χ1n) is 1.94. The second kappa shape index (κ2) is 5.15. The maximum absolute atomic E-state index is 10.1. The van der Waals surface area contributed by atoms with Crippen LogP contribution in [0, 0.1) is 0 Å². The Morgan fingerprint density at radius 3 is 1.82 bits per heavy atom. The molecule has 2 N–H and O–H groups in total. The molecule has 0 spiro atoms. The molecule has 0 aliphatic rings. The van der Waals surface area contributed by atoms with E-state index < -0.39 is 20.7 Å². The van der Waals surface area contributed by atoms with Crippen molar-refractivity contribution >= 4 is 64.0 Å². The predicted molar refractivity (Wildman–Crippen MR) is 46.5 cm³/mol. The summed E-state index contributed by atoms with van der Waals surface area (Å²) in [4.78, 5) is 0. The average Bonchev–Trinajstić information content (AvgIpc) is 1.57. The van der Waals surface area contributed by atoms with Crippen LogP contribution >= 0.6 is 34.8 Å².